The minimum atomic E-state index is -4.32. The van der Waals surface area contributed by atoms with Crippen molar-refractivity contribution in [1.29, 1.82) is 0 Å². The van der Waals surface area contributed by atoms with Crippen LogP contribution in [0.5, 0.6) is 11.5 Å². The van der Waals surface area contributed by atoms with Gasteiger partial charge in [0.25, 0.3) is 10.0 Å². The lowest BCUT2D eigenvalue weighted by atomic mass is 10.3. The van der Waals surface area contributed by atoms with E-state index in [0.29, 0.717) is 12.4 Å². The van der Waals surface area contributed by atoms with Crippen LogP contribution in [-0.2, 0) is 14.8 Å². The molecule has 33 heavy (non-hydrogen) atoms. The molecule has 4 rings (SSSR count). The Morgan fingerprint density at radius 3 is 2.27 bits per heavy atom. The van der Waals surface area contributed by atoms with E-state index < -0.39 is 39.9 Å². The van der Waals surface area contributed by atoms with E-state index in [4.69, 9.17) is 9.47 Å². The minimum Gasteiger partial charge on any atom is -0.486 e. The highest BCUT2D eigenvalue weighted by Gasteiger charge is 2.29. The van der Waals surface area contributed by atoms with Crippen molar-refractivity contribution in [3.63, 3.8) is 0 Å². The second-order valence-electron chi connectivity index (χ2n) is 6.97. The first-order valence-corrected chi connectivity index (χ1v) is 11.1. The minimum absolute atomic E-state index is 0.0201. The number of carbonyl (C=O) groups excluding carboxylic acids is 1. The molecular weight excluding hydrogens is 461 g/mol. The topological polar surface area (TPSA) is 84.9 Å². The van der Waals surface area contributed by atoms with Crippen LogP contribution in [0.2, 0.25) is 0 Å². The highest BCUT2D eigenvalue weighted by Crippen LogP contribution is 2.34. The summed E-state index contributed by atoms with van der Waals surface area (Å²) in [4.78, 5) is 12.4. The van der Waals surface area contributed by atoms with E-state index >= 15 is 0 Å². The first kappa shape index (κ1) is 22.5. The van der Waals surface area contributed by atoms with Crippen molar-refractivity contribution in [2.75, 3.05) is 29.4 Å². The van der Waals surface area contributed by atoms with Gasteiger partial charge in [-0.3, -0.25) is 9.10 Å². The van der Waals surface area contributed by atoms with E-state index in [2.05, 4.69) is 5.32 Å². The van der Waals surface area contributed by atoms with E-state index in [1.165, 1.54) is 30.3 Å². The molecule has 0 unspecified atom stereocenters. The fourth-order valence-corrected chi connectivity index (χ4v) is 4.58. The summed E-state index contributed by atoms with van der Waals surface area (Å²) in [5.74, 6) is -3.08. The van der Waals surface area contributed by atoms with Crippen molar-refractivity contribution in [2.24, 2.45) is 0 Å². The van der Waals surface area contributed by atoms with Crippen molar-refractivity contribution in [3.05, 3.63) is 78.1 Å². The summed E-state index contributed by atoms with van der Waals surface area (Å²) in [6, 6.07) is 11.2. The molecular formula is C22H17F3N2O5S. The quantitative estimate of drug-likeness (QED) is 0.584. The van der Waals surface area contributed by atoms with Crippen LogP contribution in [0.1, 0.15) is 0 Å². The molecule has 172 valence electrons. The SMILES string of the molecule is O=C(CN(c1ccc(F)cc1)S(=O)(=O)c1ccc2c(c1)OCCO2)Nc1ccc(F)c(F)c1. The smallest absolute Gasteiger partial charge is 0.264 e. The van der Waals surface area contributed by atoms with Gasteiger partial charge in [-0.25, -0.2) is 21.6 Å². The third kappa shape index (κ3) is 4.87. The molecule has 1 aliphatic heterocycles. The third-order valence-electron chi connectivity index (χ3n) is 4.71. The van der Waals surface area contributed by atoms with Gasteiger partial charge in [-0.15, -0.1) is 0 Å². The van der Waals surface area contributed by atoms with Gasteiger partial charge in [-0.2, -0.15) is 0 Å². The number of nitrogens with zero attached hydrogens (tertiary/aromatic N) is 1. The van der Waals surface area contributed by atoms with Gasteiger partial charge in [0, 0.05) is 17.8 Å². The molecule has 0 aliphatic carbocycles. The van der Waals surface area contributed by atoms with Crippen molar-refractivity contribution in [3.8, 4) is 11.5 Å². The summed E-state index contributed by atoms with van der Waals surface area (Å²) in [5.41, 5.74) is -0.0404. The number of halogens is 3. The maximum atomic E-state index is 13.5. The number of ether oxygens (including phenoxy) is 2. The van der Waals surface area contributed by atoms with Crippen molar-refractivity contribution >= 4 is 27.3 Å². The van der Waals surface area contributed by atoms with Gasteiger partial charge in [-0.1, -0.05) is 0 Å². The Morgan fingerprint density at radius 1 is 0.879 bits per heavy atom. The number of sulfonamides is 1. The van der Waals surface area contributed by atoms with Crippen LogP contribution in [0.25, 0.3) is 0 Å². The first-order chi connectivity index (χ1) is 15.7. The Balaban J connectivity index is 1.66. The molecule has 0 saturated carbocycles. The van der Waals surface area contributed by atoms with E-state index in [1.54, 1.807) is 0 Å². The number of nitrogens with one attached hydrogen (secondary N) is 1. The van der Waals surface area contributed by atoms with Gasteiger partial charge < -0.3 is 14.8 Å². The molecule has 0 saturated heterocycles. The van der Waals surface area contributed by atoms with Gasteiger partial charge in [0.15, 0.2) is 23.1 Å². The molecule has 11 heteroatoms. The van der Waals surface area contributed by atoms with Crippen molar-refractivity contribution in [2.45, 2.75) is 4.90 Å². The molecule has 0 atom stereocenters. The second kappa shape index (κ2) is 9.02. The molecule has 1 N–H and O–H groups in total. The van der Waals surface area contributed by atoms with Gasteiger partial charge in [0.1, 0.15) is 25.6 Å². The second-order valence-corrected chi connectivity index (χ2v) is 8.83. The monoisotopic (exact) mass is 478 g/mol. The molecule has 0 spiro atoms. The molecule has 1 amide bonds. The molecule has 1 aliphatic rings. The lowest BCUT2D eigenvalue weighted by Crippen LogP contribution is -2.38. The predicted molar refractivity (Wildman–Crippen MR) is 113 cm³/mol. The number of benzene rings is 3. The zero-order valence-electron chi connectivity index (χ0n) is 16.9. The standard InChI is InChI=1S/C22H17F3N2O5S/c23-14-1-4-16(5-2-14)27(13-22(28)26-15-3-7-18(24)19(25)11-15)33(29,30)17-6-8-20-21(12-17)32-10-9-31-20/h1-8,11-12H,9-10,13H2,(H,26,28). The zero-order valence-corrected chi connectivity index (χ0v) is 17.7. The zero-order chi connectivity index (χ0) is 23.6. The first-order valence-electron chi connectivity index (χ1n) is 9.67. The predicted octanol–water partition coefficient (Wildman–Crippen LogP) is 3.71. The Hall–Kier alpha value is -3.73. The van der Waals surface area contributed by atoms with Crippen LogP contribution >= 0.6 is 0 Å². The fourth-order valence-electron chi connectivity index (χ4n) is 3.14. The summed E-state index contributed by atoms with van der Waals surface area (Å²) >= 11 is 0. The number of hydrogen-bond donors (Lipinski definition) is 1. The summed E-state index contributed by atoms with van der Waals surface area (Å²) in [7, 11) is -4.32. The van der Waals surface area contributed by atoms with E-state index in [0.717, 1.165) is 34.6 Å². The summed E-state index contributed by atoms with van der Waals surface area (Å²) < 4.78 is 78.5. The average molecular weight is 478 g/mol. The maximum absolute atomic E-state index is 13.5. The molecule has 0 radical (unpaired) electrons. The van der Waals surface area contributed by atoms with E-state index in [1.807, 2.05) is 0 Å². The number of carbonyl (C=O) groups is 1. The molecule has 7 nitrogen and oxygen atoms in total. The molecule has 3 aromatic carbocycles. The number of anilines is 2. The number of rotatable bonds is 6. The average Bonchev–Trinajstić information content (AvgIpc) is 2.80. The van der Waals surface area contributed by atoms with Gasteiger partial charge in [-0.05, 0) is 48.5 Å². The van der Waals surface area contributed by atoms with Crippen LogP contribution < -0.4 is 19.1 Å². The molecule has 1 heterocycles. The lowest BCUT2D eigenvalue weighted by Gasteiger charge is -2.25. The van der Waals surface area contributed by atoms with Gasteiger partial charge >= 0.3 is 0 Å². The Kier molecular flexibility index (Phi) is 6.14. The molecule has 0 bridgehead atoms. The largest absolute Gasteiger partial charge is 0.486 e. The van der Waals surface area contributed by atoms with Crippen molar-refractivity contribution < 1.29 is 35.9 Å². The Bertz CT molecular complexity index is 1300. The summed E-state index contributed by atoms with van der Waals surface area (Å²) in [5, 5.41) is 2.32. The number of hydrogen-bond acceptors (Lipinski definition) is 5. The normalized spacial score (nSPS) is 12.8. The Morgan fingerprint density at radius 2 is 1.58 bits per heavy atom. The highest BCUT2D eigenvalue weighted by molar-refractivity contribution is 7.92. The van der Waals surface area contributed by atoms with Gasteiger partial charge in [0.05, 0.1) is 10.6 Å². The van der Waals surface area contributed by atoms with Crippen LogP contribution in [0, 0.1) is 17.5 Å². The van der Waals surface area contributed by atoms with Crippen LogP contribution in [0.4, 0.5) is 24.5 Å². The lowest BCUT2D eigenvalue weighted by molar-refractivity contribution is -0.114. The van der Waals surface area contributed by atoms with E-state index in [9.17, 15) is 26.4 Å². The third-order valence-corrected chi connectivity index (χ3v) is 6.48. The van der Waals surface area contributed by atoms with E-state index in [-0.39, 0.29) is 28.6 Å². The van der Waals surface area contributed by atoms with Crippen LogP contribution in [-0.4, -0.2) is 34.1 Å². The van der Waals surface area contributed by atoms with Crippen molar-refractivity contribution in [1.82, 2.24) is 0 Å². The fraction of sp³-hybridized carbons (Fsp3) is 0.136. The maximum Gasteiger partial charge on any atom is 0.264 e. The molecule has 3 aromatic rings. The highest BCUT2D eigenvalue weighted by atomic mass is 32.2. The van der Waals surface area contributed by atoms with Crippen LogP contribution in [0.3, 0.4) is 0 Å². The Labute approximate surface area is 187 Å². The molecule has 0 fully saturated rings. The van der Waals surface area contributed by atoms with Crippen LogP contribution in [0.15, 0.2) is 65.6 Å². The molecule has 0 aromatic heterocycles. The van der Waals surface area contributed by atoms with Gasteiger partial charge in [0.2, 0.25) is 5.91 Å². The summed E-state index contributed by atoms with van der Waals surface area (Å²) in [6.45, 7) is -0.152. The summed E-state index contributed by atoms with van der Waals surface area (Å²) in [6.07, 6.45) is 0. The number of amides is 1. The number of fused-ring (bicyclic) bond motifs is 1.